The van der Waals surface area contributed by atoms with Gasteiger partial charge in [0.2, 0.25) is 0 Å². The molecule has 0 aliphatic carbocycles. The molecule has 1 fully saturated rings. The highest BCUT2D eigenvalue weighted by molar-refractivity contribution is 6.17. The van der Waals surface area contributed by atoms with Gasteiger partial charge in [-0.05, 0) is 31.4 Å². The zero-order valence-corrected chi connectivity index (χ0v) is 11.9. The Kier molecular flexibility index (Phi) is 3.71. The van der Waals surface area contributed by atoms with Gasteiger partial charge in [-0.1, -0.05) is 0 Å². The number of fused-ring (bicyclic) bond motifs is 1. The monoisotopic (exact) mass is 279 g/mol. The lowest BCUT2D eigenvalue weighted by Gasteiger charge is -2.13. The van der Waals surface area contributed by atoms with Gasteiger partial charge in [0.25, 0.3) is 0 Å². The third kappa shape index (κ3) is 2.47. The van der Waals surface area contributed by atoms with Gasteiger partial charge in [0.15, 0.2) is 5.65 Å². The quantitative estimate of drug-likeness (QED) is 0.808. The topological polar surface area (TPSA) is 39.9 Å². The summed E-state index contributed by atoms with van der Waals surface area (Å²) in [6.07, 6.45) is 5.16. The number of hydrogen-bond donors (Lipinski definition) is 0. The average molecular weight is 280 g/mol. The van der Waals surface area contributed by atoms with Gasteiger partial charge < -0.3 is 9.30 Å². The van der Waals surface area contributed by atoms with Crippen LogP contribution in [0.25, 0.3) is 11.2 Å². The summed E-state index contributed by atoms with van der Waals surface area (Å²) in [5.41, 5.74) is 3.10. The van der Waals surface area contributed by atoms with Crippen LogP contribution in [0, 0.1) is 6.92 Å². The fourth-order valence-corrected chi connectivity index (χ4v) is 2.81. The first-order valence-electron chi connectivity index (χ1n) is 6.78. The molecular weight excluding hydrogens is 262 g/mol. The van der Waals surface area contributed by atoms with Gasteiger partial charge in [0, 0.05) is 25.1 Å². The second-order valence-corrected chi connectivity index (χ2v) is 5.39. The molecular formula is C14H18ClN3O. The van der Waals surface area contributed by atoms with E-state index in [-0.39, 0.29) is 6.10 Å². The number of aryl methyl sites for hydroxylation is 2. The Morgan fingerprint density at radius 2 is 2.42 bits per heavy atom. The van der Waals surface area contributed by atoms with Crippen molar-refractivity contribution < 1.29 is 4.74 Å². The molecule has 0 N–H and O–H groups in total. The van der Waals surface area contributed by atoms with Gasteiger partial charge in [0.05, 0.1) is 12.6 Å². The van der Waals surface area contributed by atoms with E-state index in [1.165, 1.54) is 0 Å². The van der Waals surface area contributed by atoms with E-state index < -0.39 is 0 Å². The molecule has 1 aliphatic heterocycles. The van der Waals surface area contributed by atoms with Crippen molar-refractivity contribution in [2.45, 2.75) is 38.8 Å². The molecule has 1 atom stereocenters. The van der Waals surface area contributed by atoms with Crippen molar-refractivity contribution >= 4 is 22.8 Å². The maximum Gasteiger partial charge on any atom is 0.160 e. The fraction of sp³-hybridized carbons (Fsp3) is 0.571. The molecule has 1 aliphatic rings. The standard InChI is InChI=1S/C14H18ClN3O/c1-10-5-7-16-14-13(10)17-12(4-6-15)18(14)9-11-3-2-8-19-11/h5,7,11H,2-4,6,8-9H2,1H3. The molecule has 0 saturated carbocycles. The van der Waals surface area contributed by atoms with Crippen molar-refractivity contribution in [2.75, 3.05) is 12.5 Å². The lowest BCUT2D eigenvalue weighted by atomic mass is 10.2. The summed E-state index contributed by atoms with van der Waals surface area (Å²) in [5.74, 6) is 1.59. The van der Waals surface area contributed by atoms with Crippen LogP contribution in [-0.4, -0.2) is 33.1 Å². The predicted octanol–water partition coefficient (Wildman–Crippen LogP) is 2.70. The van der Waals surface area contributed by atoms with E-state index in [0.29, 0.717) is 5.88 Å². The first-order valence-corrected chi connectivity index (χ1v) is 7.31. The van der Waals surface area contributed by atoms with Gasteiger partial charge in [0.1, 0.15) is 11.3 Å². The normalized spacial score (nSPS) is 19.4. The highest BCUT2D eigenvalue weighted by Crippen LogP contribution is 2.21. The number of pyridine rings is 1. The van der Waals surface area contributed by atoms with Crippen LogP contribution in [-0.2, 0) is 17.7 Å². The molecule has 102 valence electrons. The number of ether oxygens (including phenoxy) is 1. The van der Waals surface area contributed by atoms with Gasteiger partial charge in [-0.25, -0.2) is 9.97 Å². The molecule has 5 heteroatoms. The van der Waals surface area contributed by atoms with Crippen molar-refractivity contribution in [1.29, 1.82) is 0 Å². The molecule has 3 heterocycles. The summed E-state index contributed by atoms with van der Waals surface area (Å²) in [7, 11) is 0. The van der Waals surface area contributed by atoms with E-state index in [2.05, 4.69) is 16.5 Å². The highest BCUT2D eigenvalue weighted by Gasteiger charge is 2.20. The molecule has 0 bridgehead atoms. The number of hydrogen-bond acceptors (Lipinski definition) is 3. The van der Waals surface area contributed by atoms with Gasteiger partial charge in [-0.3, -0.25) is 0 Å². The van der Waals surface area contributed by atoms with Crippen LogP contribution in [0.4, 0.5) is 0 Å². The summed E-state index contributed by atoms with van der Waals surface area (Å²) in [6.45, 7) is 3.77. The first-order chi connectivity index (χ1) is 9.29. The molecule has 0 spiro atoms. The lowest BCUT2D eigenvalue weighted by molar-refractivity contribution is 0.0971. The second kappa shape index (κ2) is 5.47. The SMILES string of the molecule is Cc1ccnc2c1nc(CCCl)n2CC1CCCO1. The first kappa shape index (κ1) is 12.9. The number of rotatable bonds is 4. The molecule has 19 heavy (non-hydrogen) atoms. The van der Waals surface area contributed by atoms with Crippen LogP contribution < -0.4 is 0 Å². The third-order valence-corrected chi connectivity index (χ3v) is 3.83. The maximum atomic E-state index is 5.89. The van der Waals surface area contributed by atoms with Crippen molar-refractivity contribution in [3.63, 3.8) is 0 Å². The molecule has 2 aromatic heterocycles. The minimum atomic E-state index is 0.286. The Bertz CT molecular complexity index is 575. The Morgan fingerprint density at radius 3 is 3.16 bits per heavy atom. The van der Waals surface area contributed by atoms with Crippen LogP contribution in [0.5, 0.6) is 0 Å². The number of alkyl halides is 1. The fourth-order valence-electron chi connectivity index (χ4n) is 2.64. The van der Waals surface area contributed by atoms with E-state index in [9.17, 15) is 0 Å². The summed E-state index contributed by atoms with van der Waals surface area (Å²) < 4.78 is 7.91. The van der Waals surface area contributed by atoms with Gasteiger partial charge in [-0.15, -0.1) is 11.6 Å². The zero-order valence-electron chi connectivity index (χ0n) is 11.1. The molecule has 3 rings (SSSR count). The Labute approximate surface area is 117 Å². The van der Waals surface area contributed by atoms with Crippen molar-refractivity contribution in [2.24, 2.45) is 0 Å². The number of halogens is 1. The molecule has 1 unspecified atom stereocenters. The van der Waals surface area contributed by atoms with E-state index in [0.717, 1.165) is 55.0 Å². The van der Waals surface area contributed by atoms with E-state index in [1.54, 1.807) is 0 Å². The average Bonchev–Trinajstić information content (AvgIpc) is 3.01. The number of nitrogens with zero attached hydrogens (tertiary/aromatic N) is 3. The summed E-state index contributed by atoms with van der Waals surface area (Å²) in [4.78, 5) is 9.19. The Morgan fingerprint density at radius 1 is 1.53 bits per heavy atom. The minimum Gasteiger partial charge on any atom is -0.376 e. The van der Waals surface area contributed by atoms with Gasteiger partial charge in [-0.2, -0.15) is 0 Å². The molecule has 1 saturated heterocycles. The molecule has 2 aromatic rings. The van der Waals surface area contributed by atoms with Crippen LogP contribution in [0.15, 0.2) is 12.3 Å². The molecule has 0 radical (unpaired) electrons. The largest absolute Gasteiger partial charge is 0.376 e. The molecule has 0 aromatic carbocycles. The number of aromatic nitrogens is 3. The van der Waals surface area contributed by atoms with E-state index >= 15 is 0 Å². The second-order valence-electron chi connectivity index (χ2n) is 5.01. The van der Waals surface area contributed by atoms with Crippen molar-refractivity contribution in [1.82, 2.24) is 14.5 Å². The summed E-state index contributed by atoms with van der Waals surface area (Å²) >= 11 is 5.89. The zero-order chi connectivity index (χ0) is 13.2. The Hall–Kier alpha value is -1.13. The summed E-state index contributed by atoms with van der Waals surface area (Å²) in [5, 5.41) is 0. The smallest absolute Gasteiger partial charge is 0.160 e. The molecule has 0 amide bonds. The molecule has 4 nitrogen and oxygen atoms in total. The predicted molar refractivity (Wildman–Crippen MR) is 75.7 cm³/mol. The van der Waals surface area contributed by atoms with Crippen molar-refractivity contribution in [3.8, 4) is 0 Å². The number of imidazole rings is 1. The van der Waals surface area contributed by atoms with Crippen molar-refractivity contribution in [3.05, 3.63) is 23.7 Å². The van der Waals surface area contributed by atoms with Crippen LogP contribution in [0.1, 0.15) is 24.2 Å². The van der Waals surface area contributed by atoms with E-state index in [1.807, 2.05) is 12.3 Å². The van der Waals surface area contributed by atoms with Crippen LogP contribution in [0.2, 0.25) is 0 Å². The minimum absolute atomic E-state index is 0.286. The summed E-state index contributed by atoms with van der Waals surface area (Å²) in [6, 6.07) is 2.00. The van der Waals surface area contributed by atoms with Crippen LogP contribution >= 0.6 is 11.6 Å². The third-order valence-electron chi connectivity index (χ3n) is 3.64. The maximum absolute atomic E-state index is 5.89. The highest BCUT2D eigenvalue weighted by atomic mass is 35.5. The van der Waals surface area contributed by atoms with Crippen LogP contribution in [0.3, 0.4) is 0 Å². The van der Waals surface area contributed by atoms with E-state index in [4.69, 9.17) is 21.3 Å². The van der Waals surface area contributed by atoms with Gasteiger partial charge >= 0.3 is 0 Å². The lowest BCUT2D eigenvalue weighted by Crippen LogP contribution is -2.17. The Balaban J connectivity index is 2.02.